The van der Waals surface area contributed by atoms with Crippen LogP contribution in [0.1, 0.15) is 39.3 Å². The SMILES string of the molecule is CCc1ccccc1NC(=O)C(C)n1nc(-c2ccccc2)cc(NC(=O)C(C)C)c1=O. The highest BCUT2D eigenvalue weighted by Crippen LogP contribution is 2.21. The summed E-state index contributed by atoms with van der Waals surface area (Å²) < 4.78 is 1.13. The summed E-state index contributed by atoms with van der Waals surface area (Å²) >= 11 is 0. The van der Waals surface area contributed by atoms with Gasteiger partial charge in [0.15, 0.2) is 0 Å². The molecule has 0 spiro atoms. The number of aromatic nitrogens is 2. The van der Waals surface area contributed by atoms with Crippen molar-refractivity contribution in [2.75, 3.05) is 10.6 Å². The monoisotopic (exact) mass is 432 g/mol. The Hall–Kier alpha value is -3.74. The van der Waals surface area contributed by atoms with E-state index in [2.05, 4.69) is 15.7 Å². The molecule has 7 heteroatoms. The number of nitrogens with one attached hydrogen (secondary N) is 2. The van der Waals surface area contributed by atoms with Gasteiger partial charge < -0.3 is 10.6 Å². The molecule has 1 heterocycles. The number of carbonyl (C=O) groups excluding carboxylic acids is 2. The zero-order valence-electron chi connectivity index (χ0n) is 18.8. The Kier molecular flexibility index (Phi) is 7.20. The summed E-state index contributed by atoms with van der Waals surface area (Å²) in [5.41, 5.74) is 2.50. The third-order valence-electron chi connectivity index (χ3n) is 5.19. The molecule has 1 aromatic heterocycles. The van der Waals surface area contributed by atoms with Crippen LogP contribution in [0.2, 0.25) is 0 Å². The molecule has 7 nitrogen and oxygen atoms in total. The first-order valence-electron chi connectivity index (χ1n) is 10.7. The maximum atomic E-state index is 13.1. The summed E-state index contributed by atoms with van der Waals surface area (Å²) in [6, 6.07) is 17.5. The van der Waals surface area contributed by atoms with Crippen molar-refractivity contribution in [3.8, 4) is 11.3 Å². The predicted molar refractivity (Wildman–Crippen MR) is 127 cm³/mol. The number of amides is 2. The average Bonchev–Trinajstić information content (AvgIpc) is 2.80. The zero-order chi connectivity index (χ0) is 23.3. The molecule has 2 amide bonds. The van der Waals surface area contributed by atoms with Crippen LogP contribution in [0.3, 0.4) is 0 Å². The Bertz CT molecular complexity index is 1170. The maximum Gasteiger partial charge on any atom is 0.291 e. The number of aryl methyl sites for hydroxylation is 1. The highest BCUT2D eigenvalue weighted by Gasteiger charge is 2.22. The van der Waals surface area contributed by atoms with Crippen molar-refractivity contribution in [3.05, 3.63) is 76.6 Å². The molecule has 166 valence electrons. The van der Waals surface area contributed by atoms with E-state index < -0.39 is 11.6 Å². The molecule has 0 fully saturated rings. The fraction of sp³-hybridized carbons (Fsp3) is 0.280. The minimum Gasteiger partial charge on any atom is -0.324 e. The van der Waals surface area contributed by atoms with E-state index in [0.717, 1.165) is 22.2 Å². The third-order valence-corrected chi connectivity index (χ3v) is 5.19. The zero-order valence-corrected chi connectivity index (χ0v) is 18.8. The number of benzene rings is 2. The standard InChI is InChI=1S/C25H28N4O3/c1-5-18-11-9-10-14-20(18)26-24(31)17(4)29-25(32)22(27-23(30)16(2)3)15-21(28-29)19-12-7-6-8-13-19/h6-17H,5H2,1-4H3,(H,26,31)(H,27,30). The number of hydrogen-bond donors (Lipinski definition) is 2. The topological polar surface area (TPSA) is 93.1 Å². The van der Waals surface area contributed by atoms with Crippen molar-refractivity contribution in [3.63, 3.8) is 0 Å². The molecule has 2 N–H and O–H groups in total. The number of hydrogen-bond acceptors (Lipinski definition) is 4. The smallest absolute Gasteiger partial charge is 0.291 e. The van der Waals surface area contributed by atoms with Gasteiger partial charge in [-0.25, -0.2) is 4.68 Å². The average molecular weight is 433 g/mol. The fourth-order valence-corrected chi connectivity index (χ4v) is 3.19. The molecule has 1 unspecified atom stereocenters. The van der Waals surface area contributed by atoms with Crippen LogP contribution in [0.15, 0.2) is 65.5 Å². The molecule has 3 rings (SSSR count). The van der Waals surface area contributed by atoms with Crippen LogP contribution in [0.4, 0.5) is 11.4 Å². The highest BCUT2D eigenvalue weighted by atomic mass is 16.2. The lowest BCUT2D eigenvalue weighted by molar-refractivity contribution is -0.119. The number of nitrogens with zero attached hydrogens (tertiary/aromatic N) is 2. The molecule has 3 aromatic rings. The molecule has 1 atom stereocenters. The third kappa shape index (κ3) is 5.11. The van der Waals surface area contributed by atoms with Gasteiger partial charge in [0.2, 0.25) is 11.8 Å². The van der Waals surface area contributed by atoms with E-state index >= 15 is 0 Å². The van der Waals surface area contributed by atoms with E-state index in [1.54, 1.807) is 26.8 Å². The van der Waals surface area contributed by atoms with Crippen molar-refractivity contribution in [1.82, 2.24) is 9.78 Å². The van der Waals surface area contributed by atoms with Crippen molar-refractivity contribution in [2.45, 2.75) is 40.2 Å². The maximum absolute atomic E-state index is 13.1. The molecular formula is C25H28N4O3. The van der Waals surface area contributed by atoms with Gasteiger partial charge in [-0.3, -0.25) is 14.4 Å². The Morgan fingerprint density at radius 3 is 2.19 bits per heavy atom. The fourth-order valence-electron chi connectivity index (χ4n) is 3.19. The highest BCUT2D eigenvalue weighted by molar-refractivity contribution is 5.94. The van der Waals surface area contributed by atoms with E-state index in [1.807, 2.05) is 61.5 Å². The molecular weight excluding hydrogens is 404 g/mol. The minimum absolute atomic E-state index is 0.0890. The second-order valence-electron chi connectivity index (χ2n) is 7.88. The summed E-state index contributed by atoms with van der Waals surface area (Å²) in [7, 11) is 0. The van der Waals surface area contributed by atoms with E-state index in [1.165, 1.54) is 0 Å². The van der Waals surface area contributed by atoms with E-state index in [4.69, 9.17) is 0 Å². The molecule has 0 aliphatic rings. The number of carbonyl (C=O) groups is 2. The first-order valence-corrected chi connectivity index (χ1v) is 10.7. The second-order valence-corrected chi connectivity index (χ2v) is 7.88. The van der Waals surface area contributed by atoms with Crippen LogP contribution < -0.4 is 16.2 Å². The lowest BCUT2D eigenvalue weighted by atomic mass is 10.1. The molecule has 32 heavy (non-hydrogen) atoms. The van der Waals surface area contributed by atoms with Crippen molar-refractivity contribution in [1.29, 1.82) is 0 Å². The minimum atomic E-state index is -0.897. The van der Waals surface area contributed by atoms with Crippen LogP contribution in [-0.4, -0.2) is 21.6 Å². The van der Waals surface area contributed by atoms with Crippen LogP contribution in [0, 0.1) is 5.92 Å². The Morgan fingerprint density at radius 1 is 0.906 bits per heavy atom. The van der Waals surface area contributed by atoms with Crippen molar-refractivity contribution >= 4 is 23.2 Å². The Balaban J connectivity index is 2.02. The van der Waals surface area contributed by atoms with Gasteiger partial charge in [-0.2, -0.15) is 5.10 Å². The normalized spacial score (nSPS) is 11.8. The molecule has 0 saturated heterocycles. The predicted octanol–water partition coefficient (Wildman–Crippen LogP) is 4.27. The molecule has 2 aromatic carbocycles. The lowest BCUT2D eigenvalue weighted by Crippen LogP contribution is -2.36. The van der Waals surface area contributed by atoms with E-state index in [-0.39, 0.29) is 23.4 Å². The quantitative estimate of drug-likeness (QED) is 0.583. The number of rotatable bonds is 7. The molecule has 0 bridgehead atoms. The number of para-hydroxylation sites is 1. The summed E-state index contributed by atoms with van der Waals surface area (Å²) in [6.07, 6.45) is 0.762. The molecule has 0 aliphatic heterocycles. The van der Waals surface area contributed by atoms with Crippen LogP contribution in [0.25, 0.3) is 11.3 Å². The summed E-state index contributed by atoms with van der Waals surface area (Å²) in [5.74, 6) is -0.956. The largest absolute Gasteiger partial charge is 0.324 e. The number of anilines is 2. The van der Waals surface area contributed by atoms with Crippen molar-refractivity contribution < 1.29 is 9.59 Å². The van der Waals surface area contributed by atoms with Gasteiger partial charge in [0.05, 0.1) is 5.69 Å². The molecule has 0 radical (unpaired) electrons. The van der Waals surface area contributed by atoms with Crippen LogP contribution in [0.5, 0.6) is 0 Å². The Labute approximate surface area is 187 Å². The first-order chi connectivity index (χ1) is 15.3. The van der Waals surface area contributed by atoms with Gasteiger partial charge in [-0.05, 0) is 31.0 Å². The summed E-state index contributed by atoms with van der Waals surface area (Å²) in [4.78, 5) is 38.4. The van der Waals surface area contributed by atoms with Gasteiger partial charge in [0, 0.05) is 17.2 Å². The van der Waals surface area contributed by atoms with Gasteiger partial charge in [0.1, 0.15) is 11.7 Å². The Morgan fingerprint density at radius 2 is 1.53 bits per heavy atom. The van der Waals surface area contributed by atoms with Crippen LogP contribution in [-0.2, 0) is 16.0 Å². The van der Waals surface area contributed by atoms with Crippen LogP contribution >= 0.6 is 0 Å². The molecule has 0 aliphatic carbocycles. The van der Waals surface area contributed by atoms with E-state index in [9.17, 15) is 14.4 Å². The first kappa shape index (κ1) is 22.9. The lowest BCUT2D eigenvalue weighted by Gasteiger charge is -2.18. The van der Waals surface area contributed by atoms with Gasteiger partial charge >= 0.3 is 0 Å². The molecule has 0 saturated carbocycles. The van der Waals surface area contributed by atoms with Gasteiger partial charge in [-0.15, -0.1) is 0 Å². The van der Waals surface area contributed by atoms with E-state index in [0.29, 0.717) is 11.4 Å². The van der Waals surface area contributed by atoms with Gasteiger partial charge in [0.25, 0.3) is 5.56 Å². The van der Waals surface area contributed by atoms with Gasteiger partial charge in [-0.1, -0.05) is 69.3 Å². The second kappa shape index (κ2) is 10.0. The summed E-state index contributed by atoms with van der Waals surface area (Å²) in [6.45, 7) is 7.11. The summed E-state index contributed by atoms with van der Waals surface area (Å²) in [5, 5.41) is 10.0. The van der Waals surface area contributed by atoms with Crippen molar-refractivity contribution in [2.24, 2.45) is 5.92 Å².